The number of hydrogen-bond acceptors (Lipinski definition) is 7. The normalized spacial score (nSPS) is 15.5. The third-order valence-corrected chi connectivity index (χ3v) is 4.29. The highest BCUT2D eigenvalue weighted by atomic mass is 32.2. The SMILES string of the molecule is O=C(Nc1ccc(SCCN2CCOCC2)nn1)c1ccco1. The quantitative estimate of drug-likeness (QED) is 0.806. The van der Waals surface area contributed by atoms with Crippen LogP contribution in [-0.4, -0.2) is 59.6 Å². The van der Waals surface area contributed by atoms with E-state index in [0.717, 1.165) is 43.6 Å². The highest BCUT2D eigenvalue weighted by Gasteiger charge is 2.11. The lowest BCUT2D eigenvalue weighted by molar-refractivity contribution is 0.0410. The first-order valence-electron chi connectivity index (χ1n) is 7.43. The van der Waals surface area contributed by atoms with Crippen molar-refractivity contribution in [3.63, 3.8) is 0 Å². The number of amides is 1. The van der Waals surface area contributed by atoms with Crippen LogP contribution in [-0.2, 0) is 4.74 Å². The van der Waals surface area contributed by atoms with Crippen molar-refractivity contribution in [2.75, 3.05) is 43.9 Å². The van der Waals surface area contributed by atoms with Gasteiger partial charge in [-0.15, -0.1) is 22.0 Å². The van der Waals surface area contributed by atoms with Crippen molar-refractivity contribution >= 4 is 23.5 Å². The van der Waals surface area contributed by atoms with Crippen molar-refractivity contribution in [2.45, 2.75) is 5.03 Å². The molecule has 0 unspecified atom stereocenters. The molecule has 0 spiro atoms. The zero-order valence-corrected chi connectivity index (χ0v) is 13.4. The van der Waals surface area contributed by atoms with Crippen LogP contribution in [0.3, 0.4) is 0 Å². The Morgan fingerprint density at radius 2 is 2.13 bits per heavy atom. The summed E-state index contributed by atoms with van der Waals surface area (Å²) in [7, 11) is 0. The first kappa shape index (κ1) is 16.0. The molecule has 23 heavy (non-hydrogen) atoms. The Morgan fingerprint density at radius 1 is 1.26 bits per heavy atom. The van der Waals surface area contributed by atoms with E-state index >= 15 is 0 Å². The minimum absolute atomic E-state index is 0.246. The molecule has 122 valence electrons. The highest BCUT2D eigenvalue weighted by Crippen LogP contribution is 2.16. The fraction of sp³-hybridized carbons (Fsp3) is 0.400. The number of carbonyl (C=O) groups excluding carboxylic acids is 1. The van der Waals surface area contributed by atoms with E-state index in [9.17, 15) is 4.79 Å². The molecule has 0 saturated carbocycles. The van der Waals surface area contributed by atoms with Crippen molar-refractivity contribution in [1.82, 2.24) is 15.1 Å². The van der Waals surface area contributed by atoms with Crippen LogP contribution in [0.5, 0.6) is 0 Å². The standard InChI is InChI=1S/C15H18N4O3S/c20-15(12-2-1-8-22-12)16-13-3-4-14(18-17-13)23-11-7-19-5-9-21-10-6-19/h1-4,8H,5-7,9-11H2,(H,16,17,20). The number of anilines is 1. The molecule has 3 rings (SSSR count). The van der Waals surface area contributed by atoms with E-state index in [4.69, 9.17) is 9.15 Å². The fourth-order valence-electron chi connectivity index (χ4n) is 2.15. The van der Waals surface area contributed by atoms with E-state index in [0.29, 0.717) is 5.82 Å². The number of nitrogens with one attached hydrogen (secondary N) is 1. The molecule has 0 radical (unpaired) electrons. The van der Waals surface area contributed by atoms with Crippen LogP contribution in [0.1, 0.15) is 10.6 Å². The van der Waals surface area contributed by atoms with Gasteiger partial charge in [-0.1, -0.05) is 0 Å². The maximum atomic E-state index is 11.8. The molecule has 1 N–H and O–H groups in total. The lowest BCUT2D eigenvalue weighted by atomic mass is 10.4. The third kappa shape index (κ3) is 4.78. The molecule has 3 heterocycles. The number of hydrogen-bond donors (Lipinski definition) is 1. The molecule has 1 fully saturated rings. The number of morpholine rings is 1. The molecule has 0 atom stereocenters. The second-order valence-corrected chi connectivity index (χ2v) is 6.11. The fourth-order valence-corrected chi connectivity index (χ4v) is 2.97. The summed E-state index contributed by atoms with van der Waals surface area (Å²) in [6, 6.07) is 6.85. The van der Waals surface area contributed by atoms with Crippen LogP contribution >= 0.6 is 11.8 Å². The third-order valence-electron chi connectivity index (χ3n) is 3.39. The van der Waals surface area contributed by atoms with Gasteiger partial charge in [0.1, 0.15) is 5.03 Å². The summed E-state index contributed by atoms with van der Waals surface area (Å²) in [5.41, 5.74) is 0. The minimum Gasteiger partial charge on any atom is -0.459 e. The Labute approximate surface area is 138 Å². The topological polar surface area (TPSA) is 80.5 Å². The van der Waals surface area contributed by atoms with Crippen molar-refractivity contribution in [3.8, 4) is 0 Å². The molecular formula is C15H18N4O3S. The molecule has 0 aromatic carbocycles. The summed E-state index contributed by atoms with van der Waals surface area (Å²) in [4.78, 5) is 14.2. The average molecular weight is 334 g/mol. The van der Waals surface area contributed by atoms with Gasteiger partial charge in [0.15, 0.2) is 11.6 Å². The Kier molecular flexibility index (Phi) is 5.62. The summed E-state index contributed by atoms with van der Waals surface area (Å²) in [5, 5.41) is 11.6. The molecule has 2 aromatic rings. The molecule has 0 aliphatic carbocycles. The van der Waals surface area contributed by atoms with E-state index in [1.54, 1.807) is 30.0 Å². The second kappa shape index (κ2) is 8.09. The predicted octanol–water partition coefficient (Wildman–Crippen LogP) is 1.75. The van der Waals surface area contributed by atoms with Crippen LogP contribution in [0, 0.1) is 0 Å². The van der Waals surface area contributed by atoms with E-state index < -0.39 is 0 Å². The van der Waals surface area contributed by atoms with Gasteiger partial charge in [0, 0.05) is 25.4 Å². The maximum absolute atomic E-state index is 11.8. The van der Waals surface area contributed by atoms with Crippen LogP contribution < -0.4 is 5.32 Å². The minimum atomic E-state index is -0.336. The van der Waals surface area contributed by atoms with Gasteiger partial charge in [0.2, 0.25) is 0 Å². The number of nitrogens with zero attached hydrogens (tertiary/aromatic N) is 3. The Morgan fingerprint density at radius 3 is 2.83 bits per heavy atom. The monoisotopic (exact) mass is 334 g/mol. The molecule has 2 aromatic heterocycles. The molecule has 0 bridgehead atoms. The van der Waals surface area contributed by atoms with Gasteiger partial charge in [-0.2, -0.15) is 0 Å². The van der Waals surface area contributed by atoms with Crippen LogP contribution in [0.2, 0.25) is 0 Å². The number of furan rings is 1. The molecule has 1 amide bonds. The zero-order valence-electron chi connectivity index (χ0n) is 12.6. The average Bonchev–Trinajstić information content (AvgIpc) is 3.12. The number of carbonyl (C=O) groups is 1. The molecular weight excluding hydrogens is 316 g/mol. The number of aromatic nitrogens is 2. The lowest BCUT2D eigenvalue weighted by Crippen LogP contribution is -2.37. The number of thioether (sulfide) groups is 1. The molecule has 1 aliphatic heterocycles. The van der Waals surface area contributed by atoms with Crippen LogP contribution in [0.4, 0.5) is 5.82 Å². The lowest BCUT2D eigenvalue weighted by Gasteiger charge is -2.26. The maximum Gasteiger partial charge on any atom is 0.292 e. The van der Waals surface area contributed by atoms with Crippen molar-refractivity contribution in [1.29, 1.82) is 0 Å². The van der Waals surface area contributed by atoms with Gasteiger partial charge in [-0.3, -0.25) is 9.69 Å². The second-order valence-electron chi connectivity index (χ2n) is 4.99. The van der Waals surface area contributed by atoms with Crippen LogP contribution in [0.15, 0.2) is 40.0 Å². The summed E-state index contributed by atoms with van der Waals surface area (Å²) in [5.74, 6) is 1.27. The number of rotatable bonds is 6. The van der Waals surface area contributed by atoms with E-state index in [2.05, 4.69) is 20.4 Å². The molecule has 1 aliphatic rings. The van der Waals surface area contributed by atoms with E-state index in [-0.39, 0.29) is 11.7 Å². The Balaban J connectivity index is 1.44. The number of ether oxygens (including phenoxy) is 1. The Bertz CT molecular complexity index is 612. The van der Waals surface area contributed by atoms with Crippen molar-refractivity contribution in [3.05, 3.63) is 36.3 Å². The van der Waals surface area contributed by atoms with E-state index in [1.807, 2.05) is 6.07 Å². The first-order valence-corrected chi connectivity index (χ1v) is 8.41. The largest absolute Gasteiger partial charge is 0.459 e. The summed E-state index contributed by atoms with van der Waals surface area (Å²) in [6.07, 6.45) is 1.45. The molecule has 8 heteroatoms. The summed E-state index contributed by atoms with van der Waals surface area (Å²) < 4.78 is 10.3. The van der Waals surface area contributed by atoms with Gasteiger partial charge in [-0.25, -0.2) is 0 Å². The summed E-state index contributed by atoms with van der Waals surface area (Å²) in [6.45, 7) is 4.61. The zero-order chi connectivity index (χ0) is 15.9. The molecule has 7 nitrogen and oxygen atoms in total. The van der Waals surface area contributed by atoms with Crippen molar-refractivity contribution in [2.24, 2.45) is 0 Å². The van der Waals surface area contributed by atoms with Crippen LogP contribution in [0.25, 0.3) is 0 Å². The van der Waals surface area contributed by atoms with Gasteiger partial charge < -0.3 is 14.5 Å². The van der Waals surface area contributed by atoms with Gasteiger partial charge in [0.05, 0.1) is 19.5 Å². The van der Waals surface area contributed by atoms with E-state index in [1.165, 1.54) is 6.26 Å². The Hall–Kier alpha value is -1.90. The van der Waals surface area contributed by atoms with Gasteiger partial charge >= 0.3 is 0 Å². The van der Waals surface area contributed by atoms with Gasteiger partial charge in [0.25, 0.3) is 5.91 Å². The highest BCUT2D eigenvalue weighted by molar-refractivity contribution is 7.99. The van der Waals surface area contributed by atoms with Gasteiger partial charge in [-0.05, 0) is 24.3 Å². The first-order chi connectivity index (χ1) is 11.3. The molecule has 1 saturated heterocycles. The van der Waals surface area contributed by atoms with Crippen molar-refractivity contribution < 1.29 is 13.9 Å². The predicted molar refractivity (Wildman–Crippen MR) is 86.7 cm³/mol. The smallest absolute Gasteiger partial charge is 0.292 e. The summed E-state index contributed by atoms with van der Waals surface area (Å²) >= 11 is 1.65.